The molecular formula is C10H14FN3O2S. The van der Waals surface area contributed by atoms with Crippen molar-refractivity contribution in [3.63, 3.8) is 0 Å². The van der Waals surface area contributed by atoms with Gasteiger partial charge in [0, 0.05) is 12.0 Å². The maximum absolute atomic E-state index is 13.1. The van der Waals surface area contributed by atoms with Crippen molar-refractivity contribution >= 4 is 10.2 Å². The van der Waals surface area contributed by atoms with Crippen LogP contribution in [0.5, 0.6) is 0 Å². The van der Waals surface area contributed by atoms with Crippen LogP contribution in [0.2, 0.25) is 0 Å². The molecule has 0 radical (unpaired) electrons. The van der Waals surface area contributed by atoms with Gasteiger partial charge in [-0.15, -0.1) is 10.2 Å². The zero-order chi connectivity index (χ0) is 12.0. The van der Waals surface area contributed by atoms with Crippen molar-refractivity contribution in [2.24, 2.45) is 0 Å². The molecule has 0 aliphatic heterocycles. The third kappa shape index (κ3) is 1.96. The van der Waals surface area contributed by atoms with E-state index in [0.717, 1.165) is 38.5 Å². The normalized spacial score (nSPS) is 22.2. The number of rotatable bonds is 3. The van der Waals surface area contributed by atoms with Crippen LogP contribution in [0.1, 0.15) is 56.3 Å². The molecule has 7 heteroatoms. The first kappa shape index (κ1) is 11.1. The monoisotopic (exact) mass is 259 g/mol. The summed E-state index contributed by atoms with van der Waals surface area (Å²) in [5.74, 6) is 0.917. The van der Waals surface area contributed by atoms with E-state index >= 15 is 0 Å². The van der Waals surface area contributed by atoms with Gasteiger partial charge in [0.1, 0.15) is 5.82 Å². The molecule has 1 heterocycles. The van der Waals surface area contributed by atoms with E-state index in [1.807, 2.05) is 0 Å². The highest BCUT2D eigenvalue weighted by molar-refractivity contribution is 7.86. The molecule has 0 N–H and O–H groups in total. The largest absolute Gasteiger partial charge is 0.368 e. The highest BCUT2D eigenvalue weighted by Crippen LogP contribution is 2.42. The van der Waals surface area contributed by atoms with Crippen LogP contribution < -0.4 is 0 Å². The SMILES string of the molecule is O=S(=O)(F)c1nnc(C2CCCC2)n1C1CC1. The molecule has 0 saturated heterocycles. The summed E-state index contributed by atoms with van der Waals surface area (Å²) in [7, 11) is -4.76. The van der Waals surface area contributed by atoms with E-state index in [0.29, 0.717) is 5.82 Å². The minimum Gasteiger partial charge on any atom is -0.296 e. The molecule has 0 spiro atoms. The molecule has 2 aliphatic rings. The molecule has 2 aliphatic carbocycles. The molecule has 5 nitrogen and oxygen atoms in total. The number of aromatic nitrogens is 3. The average molecular weight is 259 g/mol. The first-order chi connectivity index (χ1) is 8.07. The van der Waals surface area contributed by atoms with Gasteiger partial charge in [-0.1, -0.05) is 16.7 Å². The fraction of sp³-hybridized carbons (Fsp3) is 0.800. The zero-order valence-electron chi connectivity index (χ0n) is 9.34. The molecule has 0 bridgehead atoms. The summed E-state index contributed by atoms with van der Waals surface area (Å²) in [6.07, 6.45) is 6.02. The van der Waals surface area contributed by atoms with Gasteiger partial charge in [-0.3, -0.25) is 4.57 Å². The van der Waals surface area contributed by atoms with E-state index in [2.05, 4.69) is 10.2 Å². The Kier molecular flexibility index (Phi) is 2.46. The highest BCUT2D eigenvalue weighted by atomic mass is 32.3. The van der Waals surface area contributed by atoms with Crippen LogP contribution in [-0.4, -0.2) is 23.2 Å². The number of halogens is 1. The maximum Gasteiger partial charge on any atom is 0.368 e. The molecule has 0 unspecified atom stereocenters. The number of hydrogen-bond donors (Lipinski definition) is 0. The van der Waals surface area contributed by atoms with E-state index in [1.165, 1.54) is 4.57 Å². The summed E-state index contributed by atoms with van der Waals surface area (Å²) >= 11 is 0. The Bertz CT molecular complexity index is 530. The average Bonchev–Trinajstić information content (AvgIpc) is 2.81. The van der Waals surface area contributed by atoms with E-state index in [1.54, 1.807) is 0 Å². The van der Waals surface area contributed by atoms with Crippen LogP contribution in [0.4, 0.5) is 3.89 Å². The third-order valence-corrected chi connectivity index (χ3v) is 4.26. The highest BCUT2D eigenvalue weighted by Gasteiger charge is 2.37. The molecule has 2 saturated carbocycles. The van der Waals surface area contributed by atoms with E-state index in [9.17, 15) is 12.3 Å². The lowest BCUT2D eigenvalue weighted by Gasteiger charge is -2.11. The molecule has 0 amide bonds. The molecule has 17 heavy (non-hydrogen) atoms. The fourth-order valence-electron chi connectivity index (χ4n) is 2.59. The summed E-state index contributed by atoms with van der Waals surface area (Å²) in [5.41, 5.74) is 0. The Labute approximate surface area is 99.3 Å². The first-order valence-electron chi connectivity index (χ1n) is 5.97. The Balaban J connectivity index is 2.06. The van der Waals surface area contributed by atoms with Crippen molar-refractivity contribution in [2.45, 2.75) is 55.6 Å². The van der Waals surface area contributed by atoms with Crippen molar-refractivity contribution in [1.29, 1.82) is 0 Å². The third-order valence-electron chi connectivity index (χ3n) is 3.54. The molecule has 0 aromatic carbocycles. The Morgan fingerprint density at radius 2 is 1.76 bits per heavy atom. The van der Waals surface area contributed by atoms with Crippen LogP contribution in [0.15, 0.2) is 5.16 Å². The molecule has 1 aromatic heterocycles. The van der Waals surface area contributed by atoms with Crippen molar-refractivity contribution < 1.29 is 12.3 Å². The van der Waals surface area contributed by atoms with Crippen molar-refractivity contribution in [3.05, 3.63) is 5.82 Å². The quantitative estimate of drug-likeness (QED) is 0.778. The second-order valence-corrected chi connectivity index (χ2v) is 6.10. The molecule has 3 rings (SSSR count). The van der Waals surface area contributed by atoms with Gasteiger partial charge < -0.3 is 0 Å². The van der Waals surface area contributed by atoms with Crippen molar-refractivity contribution in [2.75, 3.05) is 0 Å². The Hall–Kier alpha value is -0.980. The Morgan fingerprint density at radius 1 is 1.12 bits per heavy atom. The number of nitrogens with zero attached hydrogens (tertiary/aromatic N) is 3. The fourth-order valence-corrected chi connectivity index (χ4v) is 3.21. The topological polar surface area (TPSA) is 64.8 Å². The van der Waals surface area contributed by atoms with E-state index in [4.69, 9.17) is 0 Å². The smallest absolute Gasteiger partial charge is 0.296 e. The molecular weight excluding hydrogens is 245 g/mol. The van der Waals surface area contributed by atoms with Crippen LogP contribution in [0, 0.1) is 0 Å². The molecule has 0 atom stereocenters. The predicted octanol–water partition coefficient (Wildman–Crippen LogP) is 1.93. The minimum absolute atomic E-state index is 0.0844. The summed E-state index contributed by atoms with van der Waals surface area (Å²) in [4.78, 5) is 0. The summed E-state index contributed by atoms with van der Waals surface area (Å²) in [6.45, 7) is 0. The van der Waals surface area contributed by atoms with Gasteiger partial charge in [0.2, 0.25) is 0 Å². The summed E-state index contributed by atoms with van der Waals surface area (Å²) in [5, 5.41) is 6.96. The maximum atomic E-state index is 13.1. The second kappa shape index (κ2) is 3.76. The van der Waals surface area contributed by atoms with Crippen LogP contribution in [-0.2, 0) is 10.2 Å². The predicted molar refractivity (Wildman–Crippen MR) is 57.8 cm³/mol. The van der Waals surface area contributed by atoms with Gasteiger partial charge in [-0.05, 0) is 25.7 Å². The lowest BCUT2D eigenvalue weighted by atomic mass is 10.1. The first-order valence-corrected chi connectivity index (χ1v) is 7.35. The van der Waals surface area contributed by atoms with Gasteiger partial charge in [0.15, 0.2) is 0 Å². The lowest BCUT2D eigenvalue weighted by Crippen LogP contribution is -2.10. The van der Waals surface area contributed by atoms with Gasteiger partial charge >= 0.3 is 10.2 Å². The van der Waals surface area contributed by atoms with Crippen LogP contribution in [0.25, 0.3) is 0 Å². The van der Waals surface area contributed by atoms with Gasteiger partial charge in [-0.25, -0.2) is 0 Å². The van der Waals surface area contributed by atoms with Gasteiger partial charge in [0.05, 0.1) is 0 Å². The molecule has 2 fully saturated rings. The van der Waals surface area contributed by atoms with Crippen molar-refractivity contribution in [3.8, 4) is 0 Å². The summed E-state index contributed by atoms with van der Waals surface area (Å²) in [6, 6.07) is 0.0844. The minimum atomic E-state index is -4.76. The van der Waals surface area contributed by atoms with Crippen LogP contribution in [0.3, 0.4) is 0 Å². The van der Waals surface area contributed by atoms with Crippen LogP contribution >= 0.6 is 0 Å². The zero-order valence-corrected chi connectivity index (χ0v) is 10.2. The molecule has 1 aromatic rings. The van der Waals surface area contributed by atoms with Gasteiger partial charge in [0.25, 0.3) is 5.16 Å². The summed E-state index contributed by atoms with van der Waals surface area (Å²) < 4.78 is 36.7. The van der Waals surface area contributed by atoms with Crippen molar-refractivity contribution in [1.82, 2.24) is 14.8 Å². The second-order valence-electron chi connectivity index (χ2n) is 4.86. The van der Waals surface area contributed by atoms with E-state index in [-0.39, 0.29) is 12.0 Å². The Morgan fingerprint density at radius 3 is 2.29 bits per heavy atom. The standard InChI is InChI=1S/C10H14FN3O2S/c11-17(15,16)10-13-12-9(7-3-1-2-4-7)14(10)8-5-6-8/h7-8H,1-6H2. The number of hydrogen-bond acceptors (Lipinski definition) is 4. The molecule has 94 valence electrons. The lowest BCUT2D eigenvalue weighted by molar-refractivity contribution is 0.511. The van der Waals surface area contributed by atoms with Gasteiger partial charge in [-0.2, -0.15) is 8.42 Å². The van der Waals surface area contributed by atoms with E-state index < -0.39 is 15.4 Å².